The van der Waals surface area contributed by atoms with Crippen molar-refractivity contribution in [3.05, 3.63) is 77.8 Å². The fourth-order valence-electron chi connectivity index (χ4n) is 6.62. The number of benzene rings is 2. The van der Waals surface area contributed by atoms with Gasteiger partial charge in [-0.2, -0.15) is 0 Å². The lowest BCUT2D eigenvalue weighted by molar-refractivity contribution is -0.991. The van der Waals surface area contributed by atoms with Gasteiger partial charge in [-0.05, 0) is 47.9 Å². The zero-order valence-electron chi connectivity index (χ0n) is 18.3. The first-order valence-electron chi connectivity index (χ1n) is 11.6. The van der Waals surface area contributed by atoms with Gasteiger partial charge < -0.3 is 14.9 Å². The molecule has 2 aromatic carbocycles. The highest BCUT2D eigenvalue weighted by Crippen LogP contribution is 2.59. The summed E-state index contributed by atoms with van der Waals surface area (Å²) < 4.78 is 7.39. The number of pyridine rings is 1. The Kier molecular flexibility index (Phi) is 4.36. The largest absolute Gasteiger partial charge is 0.831 e. The SMILES string of the molecule is CCC12C[N+]3(/C([O-])=C/c4ccccc4)CCC1CC3C(c1ccnc3ccc(O)cc13)O2. The van der Waals surface area contributed by atoms with Crippen molar-refractivity contribution >= 4 is 17.0 Å². The Balaban J connectivity index is 1.50. The number of quaternary nitrogens is 1. The lowest BCUT2D eigenvalue weighted by Gasteiger charge is -2.69. The first kappa shape index (κ1) is 19.8. The van der Waals surface area contributed by atoms with Gasteiger partial charge in [0.25, 0.3) is 0 Å². The summed E-state index contributed by atoms with van der Waals surface area (Å²) in [5, 5.41) is 25.0. The fraction of sp³-hybridized carbons (Fsp3) is 0.370. The van der Waals surface area contributed by atoms with E-state index < -0.39 is 0 Å². The highest BCUT2D eigenvalue weighted by molar-refractivity contribution is 5.83. The third-order valence-corrected chi connectivity index (χ3v) is 8.23. The maximum absolute atomic E-state index is 13.9. The molecule has 5 aliphatic rings. The number of fused-ring (bicyclic) bond motifs is 3. The van der Waals surface area contributed by atoms with Gasteiger partial charge in [-0.3, -0.25) is 9.47 Å². The van der Waals surface area contributed by atoms with Crippen LogP contribution in [0.3, 0.4) is 0 Å². The van der Waals surface area contributed by atoms with E-state index in [9.17, 15) is 10.2 Å². The van der Waals surface area contributed by atoms with Crippen molar-refractivity contribution in [3.8, 4) is 5.75 Å². The van der Waals surface area contributed by atoms with Crippen LogP contribution in [0.1, 0.15) is 43.4 Å². The van der Waals surface area contributed by atoms with Gasteiger partial charge in [-0.1, -0.05) is 37.3 Å². The van der Waals surface area contributed by atoms with Gasteiger partial charge in [0.05, 0.1) is 17.9 Å². The van der Waals surface area contributed by atoms with Crippen LogP contribution in [0.5, 0.6) is 5.75 Å². The number of nitrogens with zero attached hydrogens (tertiary/aromatic N) is 2. The van der Waals surface area contributed by atoms with Crippen molar-refractivity contribution < 1.29 is 19.4 Å². The minimum Gasteiger partial charge on any atom is -0.831 e. The molecule has 0 spiro atoms. The predicted molar refractivity (Wildman–Crippen MR) is 121 cm³/mol. The zero-order valence-corrected chi connectivity index (χ0v) is 18.3. The van der Waals surface area contributed by atoms with E-state index in [1.165, 1.54) is 0 Å². The van der Waals surface area contributed by atoms with Crippen LogP contribution < -0.4 is 5.11 Å². The molecule has 5 nitrogen and oxygen atoms in total. The number of hydrogen-bond acceptors (Lipinski definition) is 4. The molecule has 164 valence electrons. The number of phenolic OH excluding ortho intramolecular Hbond substituents is 1. The summed E-state index contributed by atoms with van der Waals surface area (Å²) in [4.78, 5) is 4.49. The summed E-state index contributed by atoms with van der Waals surface area (Å²) in [6.45, 7) is 3.82. The second kappa shape index (κ2) is 7.06. The monoisotopic (exact) mass is 428 g/mol. The van der Waals surface area contributed by atoms with Crippen molar-refractivity contribution in [1.82, 2.24) is 4.98 Å². The number of morpholine rings is 1. The van der Waals surface area contributed by atoms with Crippen LogP contribution in [0.4, 0.5) is 0 Å². The van der Waals surface area contributed by atoms with Gasteiger partial charge in [0.2, 0.25) is 0 Å². The summed E-state index contributed by atoms with van der Waals surface area (Å²) in [6, 6.07) is 17.3. The number of rotatable bonds is 4. The topological polar surface area (TPSA) is 65.4 Å². The van der Waals surface area contributed by atoms with Crippen LogP contribution in [0, 0.1) is 5.92 Å². The Morgan fingerprint density at radius 2 is 2.09 bits per heavy atom. The van der Waals surface area contributed by atoms with Gasteiger partial charge in [0.1, 0.15) is 30.0 Å². The van der Waals surface area contributed by atoms with Crippen molar-refractivity contribution in [2.45, 2.75) is 43.9 Å². The van der Waals surface area contributed by atoms with Crippen LogP contribution in [0.25, 0.3) is 17.0 Å². The molecule has 3 aromatic rings. The molecule has 0 amide bonds. The highest BCUT2D eigenvalue weighted by Gasteiger charge is 2.67. The fourth-order valence-corrected chi connectivity index (χ4v) is 6.62. The molecule has 1 aromatic heterocycles. The number of aromatic hydroxyl groups is 1. The summed E-state index contributed by atoms with van der Waals surface area (Å²) in [5.41, 5.74) is 2.54. The van der Waals surface area contributed by atoms with E-state index in [4.69, 9.17) is 4.74 Å². The summed E-state index contributed by atoms with van der Waals surface area (Å²) >= 11 is 0. The average Bonchev–Trinajstić information content (AvgIpc) is 2.84. The van der Waals surface area contributed by atoms with Gasteiger partial charge in [-0.25, -0.2) is 0 Å². The Hall–Kier alpha value is -2.89. The standard InChI is InChI=1S/C27H28N2O3/c1-2-27-17-29(25(31)14-18-6-4-3-5-7-18)13-11-19(27)15-24(29)26(32-27)21-10-12-28-23-9-8-20(30)16-22(21)23/h3-10,12,14,16,19,24,26H,2,11,13,15,17H2,1H3,(H-,30,31)/b25-14-. The van der Waals surface area contributed by atoms with E-state index in [2.05, 4.69) is 11.9 Å². The Labute approximate surface area is 188 Å². The van der Waals surface area contributed by atoms with E-state index in [1.54, 1.807) is 12.1 Å². The van der Waals surface area contributed by atoms with Crippen LogP contribution in [-0.4, -0.2) is 39.3 Å². The lowest BCUT2D eigenvalue weighted by Crippen LogP contribution is -2.79. The number of phenols is 1. The molecule has 0 aliphatic carbocycles. The quantitative estimate of drug-likeness (QED) is 0.501. The molecular formula is C27H28N2O3. The predicted octanol–water partition coefficient (Wildman–Crippen LogP) is 4.13. The molecule has 5 aliphatic heterocycles. The van der Waals surface area contributed by atoms with E-state index in [0.717, 1.165) is 54.4 Å². The Bertz CT molecular complexity index is 1210. The molecule has 5 heteroatoms. The van der Waals surface area contributed by atoms with Crippen LogP contribution in [0.2, 0.25) is 0 Å². The van der Waals surface area contributed by atoms with Gasteiger partial charge in [0, 0.05) is 30.3 Å². The van der Waals surface area contributed by atoms with E-state index in [1.807, 2.05) is 54.7 Å². The minimum absolute atomic E-state index is 0.0718. The molecule has 32 heavy (non-hydrogen) atoms. The van der Waals surface area contributed by atoms with Crippen LogP contribution >= 0.6 is 0 Å². The average molecular weight is 429 g/mol. The normalized spacial score (nSPS) is 33.7. The summed E-state index contributed by atoms with van der Waals surface area (Å²) in [6.07, 6.45) is 6.37. The lowest BCUT2D eigenvalue weighted by atomic mass is 9.64. The van der Waals surface area contributed by atoms with Crippen molar-refractivity contribution in [2.24, 2.45) is 5.92 Å². The second-order valence-electron chi connectivity index (χ2n) is 9.66. The molecule has 4 bridgehead atoms. The molecular weight excluding hydrogens is 400 g/mol. The highest BCUT2D eigenvalue weighted by atomic mass is 16.5. The molecule has 1 N–H and O–H groups in total. The maximum atomic E-state index is 13.9. The second-order valence-corrected chi connectivity index (χ2v) is 9.66. The van der Waals surface area contributed by atoms with Gasteiger partial charge in [0.15, 0.2) is 0 Å². The minimum atomic E-state index is -0.287. The van der Waals surface area contributed by atoms with E-state index in [-0.39, 0.29) is 29.4 Å². The van der Waals surface area contributed by atoms with E-state index >= 15 is 0 Å². The molecule has 0 radical (unpaired) electrons. The molecule has 5 fully saturated rings. The Morgan fingerprint density at radius 3 is 2.91 bits per heavy atom. The van der Waals surface area contributed by atoms with Crippen molar-refractivity contribution in [1.29, 1.82) is 0 Å². The van der Waals surface area contributed by atoms with E-state index in [0.29, 0.717) is 10.4 Å². The molecule has 6 heterocycles. The Morgan fingerprint density at radius 1 is 1.25 bits per heavy atom. The zero-order chi connectivity index (χ0) is 21.9. The molecule has 5 unspecified atom stereocenters. The van der Waals surface area contributed by atoms with Gasteiger partial charge >= 0.3 is 0 Å². The number of aromatic nitrogens is 1. The third-order valence-electron chi connectivity index (χ3n) is 8.23. The molecule has 0 saturated carbocycles. The van der Waals surface area contributed by atoms with Crippen molar-refractivity contribution in [3.63, 3.8) is 0 Å². The van der Waals surface area contributed by atoms with Crippen LogP contribution in [0.15, 0.2) is 66.7 Å². The molecule has 8 rings (SSSR count). The summed E-state index contributed by atoms with van der Waals surface area (Å²) in [7, 11) is 0. The maximum Gasteiger partial charge on any atom is 0.136 e. The number of piperidine rings is 3. The number of hydrogen-bond donors (Lipinski definition) is 1. The smallest absolute Gasteiger partial charge is 0.136 e. The molecule has 5 saturated heterocycles. The third kappa shape index (κ3) is 2.74. The molecule has 5 atom stereocenters. The number of ether oxygens (including phenoxy) is 1. The first-order chi connectivity index (χ1) is 15.5. The first-order valence-corrected chi connectivity index (χ1v) is 11.6. The van der Waals surface area contributed by atoms with Crippen LogP contribution in [-0.2, 0) is 4.74 Å². The summed E-state index contributed by atoms with van der Waals surface area (Å²) in [5.74, 6) is 0.906. The van der Waals surface area contributed by atoms with Gasteiger partial charge in [-0.15, -0.1) is 0 Å². The van der Waals surface area contributed by atoms with Crippen molar-refractivity contribution in [2.75, 3.05) is 13.1 Å².